The van der Waals surface area contributed by atoms with Crippen molar-refractivity contribution < 1.29 is 9.90 Å². The molecular weight excluding hydrogens is 350 g/mol. The zero-order valence-electron chi connectivity index (χ0n) is 9.98. The van der Waals surface area contributed by atoms with E-state index in [4.69, 9.17) is 22.4 Å². The van der Waals surface area contributed by atoms with E-state index in [-0.39, 0.29) is 17.2 Å². The summed E-state index contributed by atoms with van der Waals surface area (Å²) in [6.45, 7) is 0. The summed E-state index contributed by atoms with van der Waals surface area (Å²) < 4.78 is 0.646. The number of aromatic amines is 1. The maximum absolute atomic E-state index is 11.8. The Morgan fingerprint density at radius 2 is 2.20 bits per heavy atom. The Bertz CT molecular complexity index is 745. The molecule has 0 saturated heterocycles. The van der Waals surface area contributed by atoms with Crippen LogP contribution in [-0.2, 0) is 11.2 Å². The molecule has 0 spiro atoms. The minimum atomic E-state index is -1.15. The zero-order chi connectivity index (χ0) is 14.9. The molecule has 0 radical (unpaired) electrons. The first-order chi connectivity index (χ1) is 9.38. The highest BCUT2D eigenvalue weighted by Gasteiger charge is 2.13. The maximum atomic E-state index is 11.8. The summed E-state index contributed by atoms with van der Waals surface area (Å²) in [5.74, 6) is -0.998. The smallest absolute Gasteiger partial charge is 0.308 e. The Kier molecular flexibility index (Phi) is 4.10. The number of aliphatic carboxylic acids is 1. The first-order valence-electron chi connectivity index (χ1n) is 5.44. The molecule has 0 unspecified atom stereocenters. The largest absolute Gasteiger partial charge is 0.481 e. The SMILES string of the molecule is Nc1nc(-c2ccc(Cl)c(Br)c2)[nH]c(=O)c1CC(=O)O. The minimum absolute atomic E-state index is 0.0609. The molecule has 0 aliphatic heterocycles. The second kappa shape index (κ2) is 5.64. The zero-order valence-corrected chi connectivity index (χ0v) is 12.3. The topological polar surface area (TPSA) is 109 Å². The van der Waals surface area contributed by atoms with Crippen LogP contribution in [0.4, 0.5) is 5.82 Å². The molecule has 8 heteroatoms. The number of hydrogen-bond donors (Lipinski definition) is 3. The molecule has 2 aromatic rings. The fourth-order valence-corrected chi connectivity index (χ4v) is 2.11. The third-order valence-electron chi connectivity index (χ3n) is 2.57. The highest BCUT2D eigenvalue weighted by Crippen LogP contribution is 2.27. The highest BCUT2D eigenvalue weighted by atomic mass is 79.9. The molecule has 0 bridgehead atoms. The fourth-order valence-electron chi connectivity index (χ4n) is 1.62. The van der Waals surface area contributed by atoms with Gasteiger partial charge in [-0.05, 0) is 34.1 Å². The number of nitrogens with zero attached hydrogens (tertiary/aromatic N) is 1. The average molecular weight is 359 g/mol. The maximum Gasteiger partial charge on any atom is 0.308 e. The van der Waals surface area contributed by atoms with Gasteiger partial charge in [-0.25, -0.2) is 4.98 Å². The number of carboxylic acids is 1. The molecule has 4 N–H and O–H groups in total. The average Bonchev–Trinajstić information content (AvgIpc) is 2.36. The predicted octanol–water partition coefficient (Wildman–Crippen LogP) is 2.06. The van der Waals surface area contributed by atoms with Crippen LogP contribution in [0.15, 0.2) is 27.5 Å². The van der Waals surface area contributed by atoms with Crippen molar-refractivity contribution in [3.8, 4) is 11.4 Å². The molecule has 1 aromatic carbocycles. The first kappa shape index (κ1) is 14.5. The molecule has 0 aliphatic carbocycles. The van der Waals surface area contributed by atoms with Gasteiger partial charge in [0.1, 0.15) is 11.6 Å². The Morgan fingerprint density at radius 1 is 1.50 bits per heavy atom. The van der Waals surface area contributed by atoms with E-state index in [0.29, 0.717) is 15.1 Å². The lowest BCUT2D eigenvalue weighted by Gasteiger charge is -2.06. The lowest BCUT2D eigenvalue weighted by atomic mass is 10.2. The summed E-state index contributed by atoms with van der Waals surface area (Å²) >= 11 is 9.15. The molecule has 20 heavy (non-hydrogen) atoms. The van der Waals surface area contributed by atoms with Crippen molar-refractivity contribution in [3.63, 3.8) is 0 Å². The molecular formula is C12H9BrClN3O3. The molecule has 6 nitrogen and oxygen atoms in total. The number of aromatic nitrogens is 2. The Labute approximate surface area is 126 Å². The van der Waals surface area contributed by atoms with Gasteiger partial charge in [0, 0.05) is 10.0 Å². The van der Waals surface area contributed by atoms with E-state index >= 15 is 0 Å². The normalized spacial score (nSPS) is 10.5. The standard InChI is InChI=1S/C12H9BrClN3O3/c13-7-3-5(1-2-8(7)14)11-16-10(15)6(4-9(18)19)12(20)17-11/h1-3H,4H2,(H,18,19)(H3,15,16,17,20). The van der Waals surface area contributed by atoms with Crippen LogP contribution < -0.4 is 11.3 Å². The molecule has 2 rings (SSSR count). The van der Waals surface area contributed by atoms with Gasteiger partial charge in [0.05, 0.1) is 17.0 Å². The van der Waals surface area contributed by atoms with E-state index in [1.807, 2.05) is 0 Å². The van der Waals surface area contributed by atoms with Crippen LogP contribution in [0.2, 0.25) is 5.02 Å². The molecule has 0 aliphatic rings. The summed E-state index contributed by atoms with van der Waals surface area (Å²) in [5, 5.41) is 9.23. The number of nitrogens with one attached hydrogen (secondary N) is 1. The number of nitrogens with two attached hydrogens (primary N) is 1. The van der Waals surface area contributed by atoms with Crippen molar-refractivity contribution in [2.24, 2.45) is 0 Å². The van der Waals surface area contributed by atoms with Crippen molar-refractivity contribution in [2.75, 3.05) is 5.73 Å². The van der Waals surface area contributed by atoms with Crippen LogP contribution in [0.3, 0.4) is 0 Å². The van der Waals surface area contributed by atoms with Crippen LogP contribution in [-0.4, -0.2) is 21.0 Å². The second-order valence-corrected chi connectivity index (χ2v) is 5.24. The van der Waals surface area contributed by atoms with Gasteiger partial charge in [-0.1, -0.05) is 11.6 Å². The van der Waals surface area contributed by atoms with E-state index in [1.165, 1.54) is 0 Å². The molecule has 0 amide bonds. The summed E-state index contributed by atoms with van der Waals surface area (Å²) in [4.78, 5) is 29.0. The number of halogens is 2. The monoisotopic (exact) mass is 357 g/mol. The van der Waals surface area contributed by atoms with Gasteiger partial charge >= 0.3 is 5.97 Å². The summed E-state index contributed by atoms with van der Waals surface area (Å²) in [6, 6.07) is 4.99. The van der Waals surface area contributed by atoms with Gasteiger partial charge in [-0.2, -0.15) is 0 Å². The van der Waals surface area contributed by atoms with Crippen molar-refractivity contribution >= 4 is 39.3 Å². The molecule has 104 valence electrons. The van der Waals surface area contributed by atoms with Crippen molar-refractivity contribution in [1.82, 2.24) is 9.97 Å². The molecule has 0 fully saturated rings. The molecule has 1 aromatic heterocycles. The number of benzene rings is 1. The van der Waals surface area contributed by atoms with Gasteiger partial charge in [-0.15, -0.1) is 0 Å². The van der Waals surface area contributed by atoms with Crippen LogP contribution in [0.1, 0.15) is 5.56 Å². The Hall–Kier alpha value is -1.86. The van der Waals surface area contributed by atoms with E-state index < -0.39 is 17.9 Å². The van der Waals surface area contributed by atoms with E-state index in [9.17, 15) is 9.59 Å². The van der Waals surface area contributed by atoms with Crippen LogP contribution in [0.25, 0.3) is 11.4 Å². The number of carbonyl (C=O) groups is 1. The van der Waals surface area contributed by atoms with E-state index in [0.717, 1.165) is 0 Å². The minimum Gasteiger partial charge on any atom is -0.481 e. The summed E-state index contributed by atoms with van der Waals surface area (Å²) in [5.41, 5.74) is 5.62. The number of H-pyrrole nitrogens is 1. The second-order valence-electron chi connectivity index (χ2n) is 3.98. The van der Waals surface area contributed by atoms with Gasteiger partial charge in [-0.3, -0.25) is 9.59 Å². The number of anilines is 1. The number of carboxylic acid groups (broad SMARTS) is 1. The van der Waals surface area contributed by atoms with Crippen LogP contribution >= 0.6 is 27.5 Å². The van der Waals surface area contributed by atoms with Crippen molar-refractivity contribution in [2.45, 2.75) is 6.42 Å². The molecule has 0 saturated carbocycles. The third-order valence-corrected chi connectivity index (χ3v) is 3.78. The number of nitrogen functional groups attached to an aromatic ring is 1. The fraction of sp³-hybridized carbons (Fsp3) is 0.0833. The van der Waals surface area contributed by atoms with Crippen molar-refractivity contribution in [1.29, 1.82) is 0 Å². The van der Waals surface area contributed by atoms with Crippen LogP contribution in [0, 0.1) is 0 Å². The van der Waals surface area contributed by atoms with Crippen LogP contribution in [0.5, 0.6) is 0 Å². The van der Waals surface area contributed by atoms with Gasteiger partial charge in [0.15, 0.2) is 0 Å². The lowest BCUT2D eigenvalue weighted by Crippen LogP contribution is -2.21. The molecule has 1 heterocycles. The first-order valence-corrected chi connectivity index (χ1v) is 6.61. The Balaban J connectivity index is 2.52. The Morgan fingerprint density at radius 3 is 2.75 bits per heavy atom. The van der Waals surface area contributed by atoms with Crippen molar-refractivity contribution in [3.05, 3.63) is 43.6 Å². The number of hydrogen-bond acceptors (Lipinski definition) is 4. The van der Waals surface area contributed by atoms with Gasteiger partial charge in [0.2, 0.25) is 0 Å². The van der Waals surface area contributed by atoms with E-state index in [1.54, 1.807) is 18.2 Å². The third kappa shape index (κ3) is 3.00. The quantitative estimate of drug-likeness (QED) is 0.778. The van der Waals surface area contributed by atoms with E-state index in [2.05, 4.69) is 25.9 Å². The number of rotatable bonds is 3. The summed E-state index contributed by atoms with van der Waals surface area (Å²) in [6.07, 6.45) is -0.473. The van der Waals surface area contributed by atoms with Gasteiger partial charge < -0.3 is 15.8 Å². The van der Waals surface area contributed by atoms with Gasteiger partial charge in [0.25, 0.3) is 5.56 Å². The summed E-state index contributed by atoms with van der Waals surface area (Å²) in [7, 11) is 0. The molecule has 0 atom stereocenters. The lowest BCUT2D eigenvalue weighted by molar-refractivity contribution is -0.136. The predicted molar refractivity (Wildman–Crippen MR) is 78.8 cm³/mol. The highest BCUT2D eigenvalue weighted by molar-refractivity contribution is 9.10.